The summed E-state index contributed by atoms with van der Waals surface area (Å²) in [7, 11) is -6.69. The van der Waals surface area contributed by atoms with E-state index in [2.05, 4.69) is 4.72 Å². The van der Waals surface area contributed by atoms with Crippen molar-refractivity contribution in [3.8, 4) is 0 Å². The molecule has 1 heterocycles. The summed E-state index contributed by atoms with van der Waals surface area (Å²) in [6.07, 6.45) is 0.323. The first-order valence-electron chi connectivity index (χ1n) is 5.71. The quantitative estimate of drug-likeness (QED) is 0.894. The van der Waals surface area contributed by atoms with Gasteiger partial charge in [-0.3, -0.25) is 0 Å². The highest BCUT2D eigenvalue weighted by molar-refractivity contribution is 7.92. The van der Waals surface area contributed by atoms with Crippen molar-refractivity contribution < 1.29 is 16.8 Å². The molecule has 0 aliphatic carbocycles. The summed E-state index contributed by atoms with van der Waals surface area (Å²) < 4.78 is 48.9. The molecule has 1 unspecified atom stereocenters. The molecule has 5 nitrogen and oxygen atoms in total. The molecule has 0 spiro atoms. The average molecular weight is 324 g/mol. The third-order valence-electron chi connectivity index (χ3n) is 2.88. The van der Waals surface area contributed by atoms with Crippen molar-refractivity contribution >= 4 is 31.5 Å². The lowest BCUT2D eigenvalue weighted by atomic mass is 10.2. The monoisotopic (exact) mass is 323 g/mol. The number of hydrogen-bond donors (Lipinski definition) is 1. The molecule has 2 rings (SSSR count). The summed E-state index contributed by atoms with van der Waals surface area (Å²) in [5.74, 6) is -0.343. The minimum absolute atomic E-state index is 0.0340. The summed E-state index contributed by atoms with van der Waals surface area (Å²) in [5, 5.41) is 0.381. The standard InChI is InChI=1S/C11H14ClNO4S2/c12-11-4-2-1-3-9(11)7-19(16,17)13-10-5-6-18(14,15)8-10/h1-4,10,13H,5-8H2. The molecule has 0 bridgehead atoms. The fourth-order valence-electron chi connectivity index (χ4n) is 2.00. The molecule has 8 heteroatoms. The van der Waals surface area contributed by atoms with Gasteiger partial charge in [-0.25, -0.2) is 21.6 Å². The number of sulfone groups is 1. The second-order valence-corrected chi connectivity index (χ2v) is 8.96. The van der Waals surface area contributed by atoms with Crippen LogP contribution in [0.4, 0.5) is 0 Å². The molecule has 1 aliphatic rings. The van der Waals surface area contributed by atoms with Crippen molar-refractivity contribution in [1.82, 2.24) is 4.72 Å². The average Bonchev–Trinajstić information content (AvgIpc) is 2.60. The van der Waals surface area contributed by atoms with Crippen LogP contribution in [0.25, 0.3) is 0 Å². The molecule has 1 aromatic rings. The maximum atomic E-state index is 12.0. The molecule has 0 radical (unpaired) electrons. The largest absolute Gasteiger partial charge is 0.229 e. The Hall–Kier alpha value is -0.630. The lowest BCUT2D eigenvalue weighted by molar-refractivity contribution is 0.561. The third-order valence-corrected chi connectivity index (χ3v) is 6.40. The van der Waals surface area contributed by atoms with Crippen molar-refractivity contribution in [2.24, 2.45) is 0 Å². The van der Waals surface area contributed by atoms with Gasteiger partial charge in [-0.2, -0.15) is 0 Å². The number of rotatable bonds is 4. The van der Waals surface area contributed by atoms with Gasteiger partial charge in [0.05, 0.1) is 17.3 Å². The Labute approximate surface area is 117 Å². The Balaban J connectivity index is 2.06. The van der Waals surface area contributed by atoms with Crippen LogP contribution in [0.5, 0.6) is 0 Å². The fourth-order valence-corrected chi connectivity index (χ4v) is 5.52. The van der Waals surface area contributed by atoms with Crippen LogP contribution in [-0.4, -0.2) is 34.4 Å². The SMILES string of the molecule is O=S1(=O)CCC(NS(=O)(=O)Cc2ccccc2Cl)C1. The van der Waals surface area contributed by atoms with Gasteiger partial charge in [-0.05, 0) is 18.1 Å². The first-order chi connectivity index (χ1) is 8.77. The highest BCUT2D eigenvalue weighted by Crippen LogP contribution is 2.18. The number of hydrogen-bond acceptors (Lipinski definition) is 4. The molecule has 0 amide bonds. The first kappa shape index (κ1) is 14.8. The lowest BCUT2D eigenvalue weighted by Crippen LogP contribution is -2.36. The van der Waals surface area contributed by atoms with E-state index in [4.69, 9.17) is 11.6 Å². The van der Waals surface area contributed by atoms with E-state index < -0.39 is 25.9 Å². The van der Waals surface area contributed by atoms with Gasteiger partial charge in [0, 0.05) is 11.1 Å². The van der Waals surface area contributed by atoms with E-state index in [9.17, 15) is 16.8 Å². The van der Waals surface area contributed by atoms with Gasteiger partial charge < -0.3 is 0 Å². The van der Waals surface area contributed by atoms with E-state index in [0.717, 1.165) is 0 Å². The zero-order valence-corrected chi connectivity index (χ0v) is 12.4. The Morgan fingerprint density at radius 2 is 2.00 bits per heavy atom. The summed E-state index contributed by atoms with van der Waals surface area (Å²) in [6.45, 7) is 0. The van der Waals surface area contributed by atoms with Crippen molar-refractivity contribution in [2.75, 3.05) is 11.5 Å². The maximum absolute atomic E-state index is 12.0. The van der Waals surface area contributed by atoms with E-state index in [-0.39, 0.29) is 17.3 Å². The maximum Gasteiger partial charge on any atom is 0.216 e. The van der Waals surface area contributed by atoms with Gasteiger partial charge in [-0.15, -0.1) is 0 Å². The van der Waals surface area contributed by atoms with Crippen molar-refractivity contribution in [1.29, 1.82) is 0 Å². The van der Waals surface area contributed by atoms with E-state index >= 15 is 0 Å². The summed E-state index contributed by atoms with van der Waals surface area (Å²) in [5.41, 5.74) is 0.498. The predicted octanol–water partition coefficient (Wildman–Crippen LogP) is 0.946. The third kappa shape index (κ3) is 4.17. The second kappa shape index (κ2) is 5.40. The number of benzene rings is 1. The van der Waals surface area contributed by atoms with Crippen molar-refractivity contribution in [3.05, 3.63) is 34.9 Å². The zero-order chi connectivity index (χ0) is 14.1. The van der Waals surface area contributed by atoms with Crippen molar-refractivity contribution in [2.45, 2.75) is 18.2 Å². The minimum atomic E-state index is -3.59. The van der Waals surface area contributed by atoms with E-state index in [0.29, 0.717) is 17.0 Å². The molecule has 1 aromatic carbocycles. The van der Waals surface area contributed by atoms with Crippen molar-refractivity contribution in [3.63, 3.8) is 0 Å². The van der Waals surface area contributed by atoms with Gasteiger partial charge in [0.2, 0.25) is 10.0 Å². The Kier molecular flexibility index (Phi) is 4.20. The van der Waals surface area contributed by atoms with E-state index in [1.165, 1.54) is 0 Å². The first-order valence-corrected chi connectivity index (χ1v) is 9.56. The molecule has 1 fully saturated rings. The van der Waals surface area contributed by atoms with Crippen LogP contribution in [0.15, 0.2) is 24.3 Å². The second-order valence-electron chi connectivity index (χ2n) is 4.57. The molecular weight excluding hydrogens is 310 g/mol. The van der Waals surface area contributed by atoms with Crippen LogP contribution in [0.2, 0.25) is 5.02 Å². The van der Waals surface area contributed by atoms with Crippen LogP contribution >= 0.6 is 11.6 Å². The van der Waals surface area contributed by atoms with Crippen LogP contribution in [-0.2, 0) is 25.6 Å². The predicted molar refractivity (Wildman–Crippen MR) is 74.3 cm³/mol. The van der Waals surface area contributed by atoms with Gasteiger partial charge >= 0.3 is 0 Å². The van der Waals surface area contributed by atoms with E-state index in [1.54, 1.807) is 24.3 Å². The normalized spacial score (nSPS) is 22.5. The van der Waals surface area contributed by atoms with Crippen LogP contribution in [0, 0.1) is 0 Å². The van der Waals surface area contributed by atoms with Gasteiger partial charge in [-0.1, -0.05) is 29.8 Å². The fraction of sp³-hybridized carbons (Fsp3) is 0.455. The smallest absolute Gasteiger partial charge is 0.216 e. The zero-order valence-electron chi connectivity index (χ0n) is 10.0. The summed E-state index contributed by atoms with van der Waals surface area (Å²) >= 11 is 5.90. The minimum Gasteiger partial charge on any atom is -0.229 e. The Bertz CT molecular complexity index is 670. The molecule has 0 saturated carbocycles. The molecule has 19 heavy (non-hydrogen) atoms. The molecule has 0 aromatic heterocycles. The molecule has 1 aliphatic heterocycles. The molecule has 1 saturated heterocycles. The highest BCUT2D eigenvalue weighted by atomic mass is 35.5. The van der Waals surface area contributed by atoms with E-state index in [1.807, 2.05) is 0 Å². The number of sulfonamides is 1. The van der Waals surface area contributed by atoms with Gasteiger partial charge in [0.15, 0.2) is 9.84 Å². The van der Waals surface area contributed by atoms with Gasteiger partial charge in [0.1, 0.15) is 0 Å². The van der Waals surface area contributed by atoms with Crippen LogP contribution in [0.1, 0.15) is 12.0 Å². The summed E-state index contributed by atoms with van der Waals surface area (Å²) in [4.78, 5) is 0. The topological polar surface area (TPSA) is 80.3 Å². The summed E-state index contributed by atoms with van der Waals surface area (Å²) in [6, 6.07) is 6.14. The number of nitrogens with one attached hydrogen (secondary N) is 1. The van der Waals surface area contributed by atoms with Gasteiger partial charge in [0.25, 0.3) is 0 Å². The molecular formula is C11H14ClNO4S2. The Morgan fingerprint density at radius 3 is 2.58 bits per heavy atom. The number of halogens is 1. The Morgan fingerprint density at radius 1 is 1.32 bits per heavy atom. The van der Waals surface area contributed by atoms with Crippen LogP contribution in [0.3, 0.4) is 0 Å². The highest BCUT2D eigenvalue weighted by Gasteiger charge is 2.30. The molecule has 1 N–H and O–H groups in total. The molecule has 106 valence electrons. The lowest BCUT2D eigenvalue weighted by Gasteiger charge is -2.12. The molecule has 1 atom stereocenters. The van der Waals surface area contributed by atoms with Crippen LogP contribution < -0.4 is 4.72 Å².